The zero-order valence-electron chi connectivity index (χ0n) is 14.2. The van der Waals surface area contributed by atoms with Gasteiger partial charge < -0.3 is 14.4 Å². The summed E-state index contributed by atoms with van der Waals surface area (Å²) in [5, 5.41) is 0.229. The largest absolute Gasteiger partial charge is 0.495 e. The van der Waals surface area contributed by atoms with Crippen molar-refractivity contribution in [3.8, 4) is 11.5 Å². The van der Waals surface area contributed by atoms with Crippen molar-refractivity contribution < 1.29 is 17.9 Å². The summed E-state index contributed by atoms with van der Waals surface area (Å²) in [6, 6.07) is 2.83. The average molecular weight is 377 g/mol. The highest BCUT2D eigenvalue weighted by molar-refractivity contribution is 7.89. The molecule has 0 unspecified atom stereocenters. The number of nitrogens with one attached hydrogen (secondary N) is 1. The molecule has 1 aromatic carbocycles. The Morgan fingerprint density at radius 2 is 1.79 bits per heavy atom. The molecule has 0 spiro atoms. The second-order valence-corrected chi connectivity index (χ2v) is 7.93. The van der Waals surface area contributed by atoms with Crippen LogP contribution in [-0.2, 0) is 10.0 Å². The molecule has 0 radical (unpaired) electrons. The molecule has 2 rings (SSSR count). The Hall–Kier alpha value is -1.02. The molecule has 0 aromatic heterocycles. The number of rotatable bonds is 8. The maximum Gasteiger partial charge on any atom is 0.244 e. The van der Waals surface area contributed by atoms with E-state index in [1.165, 1.54) is 45.6 Å². The third-order valence-electron chi connectivity index (χ3n) is 4.12. The van der Waals surface area contributed by atoms with Crippen LogP contribution in [0.3, 0.4) is 0 Å². The second kappa shape index (κ2) is 8.89. The van der Waals surface area contributed by atoms with E-state index in [2.05, 4.69) is 9.62 Å². The molecule has 1 heterocycles. The zero-order valence-corrected chi connectivity index (χ0v) is 15.8. The molecule has 24 heavy (non-hydrogen) atoms. The molecule has 136 valence electrons. The van der Waals surface area contributed by atoms with Gasteiger partial charge in [0.2, 0.25) is 10.0 Å². The van der Waals surface area contributed by atoms with Crippen LogP contribution in [-0.4, -0.2) is 53.7 Å². The van der Waals surface area contributed by atoms with Crippen LogP contribution in [0, 0.1) is 0 Å². The Labute approximate surface area is 149 Å². The van der Waals surface area contributed by atoms with Crippen LogP contribution >= 0.6 is 11.6 Å². The van der Waals surface area contributed by atoms with Gasteiger partial charge >= 0.3 is 0 Å². The molecular formula is C16H25ClN2O4S. The fourth-order valence-electron chi connectivity index (χ4n) is 2.81. The number of sulfonamides is 1. The predicted molar refractivity (Wildman–Crippen MR) is 94.7 cm³/mol. The van der Waals surface area contributed by atoms with E-state index in [1.54, 1.807) is 0 Å². The summed E-state index contributed by atoms with van der Waals surface area (Å²) in [7, 11) is -0.806. The van der Waals surface area contributed by atoms with Gasteiger partial charge in [0.1, 0.15) is 16.4 Å². The van der Waals surface area contributed by atoms with Crippen LogP contribution in [0.5, 0.6) is 11.5 Å². The monoisotopic (exact) mass is 376 g/mol. The highest BCUT2D eigenvalue weighted by Gasteiger charge is 2.22. The van der Waals surface area contributed by atoms with Gasteiger partial charge in [-0.3, -0.25) is 0 Å². The summed E-state index contributed by atoms with van der Waals surface area (Å²) in [4.78, 5) is 2.40. The molecule has 1 aromatic rings. The van der Waals surface area contributed by atoms with E-state index in [1.807, 2.05) is 0 Å². The number of hydrogen-bond acceptors (Lipinski definition) is 5. The van der Waals surface area contributed by atoms with Crippen molar-refractivity contribution in [2.45, 2.75) is 30.6 Å². The van der Waals surface area contributed by atoms with Gasteiger partial charge in [0.05, 0.1) is 19.2 Å². The second-order valence-electron chi connectivity index (χ2n) is 5.79. The van der Waals surface area contributed by atoms with Crippen LogP contribution in [0.1, 0.15) is 25.7 Å². The van der Waals surface area contributed by atoms with Crippen LogP contribution in [0.4, 0.5) is 0 Å². The molecule has 8 heteroatoms. The molecule has 1 saturated heterocycles. The van der Waals surface area contributed by atoms with E-state index in [-0.39, 0.29) is 15.7 Å². The molecule has 0 amide bonds. The Kier molecular flexibility index (Phi) is 7.16. The van der Waals surface area contributed by atoms with Crippen LogP contribution in [0.15, 0.2) is 17.0 Å². The van der Waals surface area contributed by atoms with Gasteiger partial charge in [-0.25, -0.2) is 13.1 Å². The Morgan fingerprint density at radius 1 is 1.12 bits per heavy atom. The minimum atomic E-state index is -3.69. The number of methoxy groups -OCH3 is 2. The SMILES string of the molecule is COc1cc(OC)c(S(=O)(=O)NCCCN2CCCCC2)cc1Cl. The average Bonchev–Trinajstić information content (AvgIpc) is 2.59. The highest BCUT2D eigenvalue weighted by Crippen LogP contribution is 2.34. The quantitative estimate of drug-likeness (QED) is 0.706. The Balaban J connectivity index is 1.97. The molecule has 0 aliphatic carbocycles. The van der Waals surface area contributed by atoms with E-state index in [0.29, 0.717) is 12.3 Å². The van der Waals surface area contributed by atoms with E-state index >= 15 is 0 Å². The molecule has 1 aliphatic rings. The molecule has 0 bridgehead atoms. The first kappa shape index (κ1) is 19.3. The number of benzene rings is 1. The van der Waals surface area contributed by atoms with Crippen molar-refractivity contribution in [3.63, 3.8) is 0 Å². The summed E-state index contributed by atoms with van der Waals surface area (Å²) in [6.07, 6.45) is 4.52. The summed E-state index contributed by atoms with van der Waals surface area (Å²) < 4.78 is 37.9. The van der Waals surface area contributed by atoms with Crippen LogP contribution < -0.4 is 14.2 Å². The van der Waals surface area contributed by atoms with Crippen molar-refractivity contribution in [1.29, 1.82) is 0 Å². The number of hydrogen-bond donors (Lipinski definition) is 1. The predicted octanol–water partition coefficient (Wildman–Crippen LogP) is 2.51. The maximum absolute atomic E-state index is 12.5. The lowest BCUT2D eigenvalue weighted by Gasteiger charge is -2.26. The number of ether oxygens (including phenoxy) is 2. The molecule has 0 atom stereocenters. The molecule has 0 saturated carbocycles. The van der Waals surface area contributed by atoms with Gasteiger partial charge in [0.25, 0.3) is 0 Å². The van der Waals surface area contributed by atoms with E-state index in [9.17, 15) is 8.42 Å². The first-order chi connectivity index (χ1) is 11.5. The Bertz CT molecular complexity index is 646. The van der Waals surface area contributed by atoms with Crippen molar-refractivity contribution in [2.24, 2.45) is 0 Å². The molecule has 1 N–H and O–H groups in total. The van der Waals surface area contributed by atoms with Gasteiger partial charge in [-0.15, -0.1) is 0 Å². The number of likely N-dealkylation sites (tertiary alicyclic amines) is 1. The first-order valence-corrected chi connectivity index (χ1v) is 9.97. The third kappa shape index (κ3) is 4.99. The third-order valence-corrected chi connectivity index (χ3v) is 5.90. The molecular weight excluding hydrogens is 352 g/mol. The minimum Gasteiger partial charge on any atom is -0.495 e. The van der Waals surface area contributed by atoms with Crippen molar-refractivity contribution in [2.75, 3.05) is 40.4 Å². The van der Waals surface area contributed by atoms with Gasteiger partial charge in [-0.2, -0.15) is 0 Å². The molecule has 1 aliphatic heterocycles. The number of nitrogens with zero attached hydrogens (tertiary/aromatic N) is 1. The van der Waals surface area contributed by atoms with Crippen LogP contribution in [0.25, 0.3) is 0 Å². The lowest BCUT2D eigenvalue weighted by atomic mass is 10.1. The summed E-state index contributed by atoms with van der Waals surface area (Å²) in [5.74, 6) is 0.581. The van der Waals surface area contributed by atoms with Gasteiger partial charge in [-0.1, -0.05) is 18.0 Å². The summed E-state index contributed by atoms with van der Waals surface area (Å²) in [6.45, 7) is 3.50. The van der Waals surface area contributed by atoms with Gasteiger partial charge in [0, 0.05) is 12.6 Å². The van der Waals surface area contributed by atoms with Crippen molar-refractivity contribution in [1.82, 2.24) is 9.62 Å². The number of halogens is 1. The highest BCUT2D eigenvalue weighted by atomic mass is 35.5. The van der Waals surface area contributed by atoms with Gasteiger partial charge in [-0.05, 0) is 45.0 Å². The lowest BCUT2D eigenvalue weighted by Crippen LogP contribution is -2.33. The fourth-order valence-corrected chi connectivity index (χ4v) is 4.37. The minimum absolute atomic E-state index is 0.0220. The lowest BCUT2D eigenvalue weighted by molar-refractivity contribution is 0.227. The summed E-state index contributed by atoms with van der Waals surface area (Å²) in [5.41, 5.74) is 0. The fraction of sp³-hybridized carbons (Fsp3) is 0.625. The smallest absolute Gasteiger partial charge is 0.244 e. The summed E-state index contributed by atoms with van der Waals surface area (Å²) >= 11 is 6.05. The van der Waals surface area contributed by atoms with Crippen molar-refractivity contribution in [3.05, 3.63) is 17.2 Å². The maximum atomic E-state index is 12.5. The van der Waals surface area contributed by atoms with E-state index in [4.69, 9.17) is 21.1 Å². The standard InChI is InChI=1S/C16H25ClN2O4S/c1-22-14-12-15(23-2)16(11-13(14)17)24(20,21)18-7-6-10-19-8-4-3-5-9-19/h11-12,18H,3-10H2,1-2H3. The van der Waals surface area contributed by atoms with Crippen molar-refractivity contribution >= 4 is 21.6 Å². The molecule has 6 nitrogen and oxygen atoms in total. The van der Waals surface area contributed by atoms with E-state index in [0.717, 1.165) is 26.1 Å². The normalized spacial score (nSPS) is 16.1. The van der Waals surface area contributed by atoms with Crippen LogP contribution in [0.2, 0.25) is 5.02 Å². The zero-order chi connectivity index (χ0) is 17.6. The molecule has 1 fully saturated rings. The van der Waals surface area contributed by atoms with E-state index < -0.39 is 10.0 Å². The topological polar surface area (TPSA) is 67.9 Å². The number of piperidine rings is 1. The Morgan fingerprint density at radius 3 is 2.42 bits per heavy atom. The first-order valence-electron chi connectivity index (χ1n) is 8.11. The van der Waals surface area contributed by atoms with Gasteiger partial charge in [0.15, 0.2) is 0 Å².